The number of amides is 4. The predicted octanol–water partition coefficient (Wildman–Crippen LogP) is -2.78. The van der Waals surface area contributed by atoms with Crippen LogP contribution in [0.4, 0.5) is 0 Å². The minimum atomic E-state index is -1.66. The van der Waals surface area contributed by atoms with Crippen LogP contribution in [0.5, 0.6) is 0 Å². The van der Waals surface area contributed by atoms with Crippen LogP contribution in [0.25, 0.3) is 0 Å². The molecule has 1 aromatic carbocycles. The highest BCUT2D eigenvalue weighted by atomic mass is 16.4. The molecule has 5 unspecified atom stereocenters. The fourth-order valence-electron chi connectivity index (χ4n) is 3.10. The second kappa shape index (κ2) is 14.4. The molecule has 0 aliphatic rings. The van der Waals surface area contributed by atoms with Crippen molar-refractivity contribution in [1.82, 2.24) is 16.0 Å². The maximum atomic E-state index is 13.0. The largest absolute Gasteiger partial charge is 0.481 e. The third-order valence-corrected chi connectivity index (χ3v) is 5.00. The molecule has 0 fully saturated rings. The number of primary amides is 1. The molecule has 0 aliphatic carbocycles. The van der Waals surface area contributed by atoms with E-state index in [2.05, 4.69) is 16.0 Å². The van der Waals surface area contributed by atoms with Crippen LogP contribution in [0.3, 0.4) is 0 Å². The summed E-state index contributed by atoms with van der Waals surface area (Å²) in [6.07, 6.45) is -2.96. The third-order valence-electron chi connectivity index (χ3n) is 5.00. The predicted molar refractivity (Wildman–Crippen MR) is 124 cm³/mol. The number of nitrogens with two attached hydrogens (primary N) is 2. The van der Waals surface area contributed by atoms with Crippen molar-refractivity contribution in [3.05, 3.63) is 35.9 Å². The highest BCUT2D eigenvalue weighted by Crippen LogP contribution is 2.07. The van der Waals surface area contributed by atoms with Gasteiger partial charge >= 0.3 is 11.9 Å². The molecule has 198 valence electrons. The van der Waals surface area contributed by atoms with E-state index in [1.165, 1.54) is 0 Å². The molecule has 0 heterocycles. The quantitative estimate of drug-likeness (QED) is 0.121. The van der Waals surface area contributed by atoms with Gasteiger partial charge in [0, 0.05) is 12.8 Å². The van der Waals surface area contributed by atoms with E-state index in [1.54, 1.807) is 30.3 Å². The first-order valence-corrected chi connectivity index (χ1v) is 10.9. The van der Waals surface area contributed by atoms with Gasteiger partial charge in [0.1, 0.15) is 12.1 Å². The van der Waals surface area contributed by atoms with Gasteiger partial charge < -0.3 is 42.7 Å². The summed E-state index contributed by atoms with van der Waals surface area (Å²) in [5.74, 6) is -6.45. The molecule has 0 saturated heterocycles. The monoisotopic (exact) mass is 509 g/mol. The van der Waals surface area contributed by atoms with Crippen LogP contribution in [0.2, 0.25) is 0 Å². The zero-order chi connectivity index (χ0) is 27.4. The Morgan fingerprint density at radius 1 is 0.889 bits per heavy atom. The lowest BCUT2D eigenvalue weighted by Crippen LogP contribution is -2.59. The molecule has 0 aliphatic heterocycles. The zero-order valence-electron chi connectivity index (χ0n) is 19.5. The lowest BCUT2D eigenvalue weighted by atomic mass is 10.0. The fourth-order valence-corrected chi connectivity index (χ4v) is 3.10. The first-order chi connectivity index (χ1) is 16.8. The standard InChI is InChI=1S/C22H31N5O9/c1-11(28)18(22(35)36)27-21(34)15(9-12-5-3-2-4-6-12)26-20(33)14(7-8-17(30)31)25-19(32)13(23)10-16(24)29/h2-6,11,13-15,18,28H,7-10,23H2,1H3,(H2,24,29)(H,25,32)(H,26,33)(H,27,34)(H,30,31)(H,35,36). The molecule has 10 N–H and O–H groups in total. The van der Waals surface area contributed by atoms with Gasteiger partial charge in [0.25, 0.3) is 0 Å². The lowest BCUT2D eigenvalue weighted by molar-refractivity contribution is -0.145. The van der Waals surface area contributed by atoms with Crippen molar-refractivity contribution in [3.63, 3.8) is 0 Å². The van der Waals surface area contributed by atoms with E-state index in [1.807, 2.05) is 0 Å². The van der Waals surface area contributed by atoms with Crippen LogP contribution < -0.4 is 27.4 Å². The summed E-state index contributed by atoms with van der Waals surface area (Å²) in [7, 11) is 0. The van der Waals surface area contributed by atoms with E-state index < -0.39 is 78.7 Å². The van der Waals surface area contributed by atoms with E-state index >= 15 is 0 Å². The van der Waals surface area contributed by atoms with E-state index in [-0.39, 0.29) is 12.8 Å². The van der Waals surface area contributed by atoms with Gasteiger partial charge in [-0.15, -0.1) is 0 Å². The highest BCUT2D eigenvalue weighted by Gasteiger charge is 2.32. The van der Waals surface area contributed by atoms with Gasteiger partial charge in [-0.05, 0) is 18.9 Å². The first kappa shape index (κ1) is 30.0. The number of aliphatic carboxylic acids is 2. The molecule has 14 heteroatoms. The number of carboxylic acids is 2. The Bertz CT molecular complexity index is 954. The number of carboxylic acid groups (broad SMARTS) is 2. The van der Waals surface area contributed by atoms with Crippen LogP contribution in [-0.4, -0.2) is 81.2 Å². The van der Waals surface area contributed by atoms with Crippen LogP contribution in [-0.2, 0) is 35.2 Å². The van der Waals surface area contributed by atoms with Gasteiger partial charge in [0.05, 0.1) is 18.6 Å². The Morgan fingerprint density at radius 2 is 1.44 bits per heavy atom. The molecule has 0 bridgehead atoms. The summed E-state index contributed by atoms with van der Waals surface area (Å²) in [4.78, 5) is 71.6. The van der Waals surface area contributed by atoms with Crippen molar-refractivity contribution < 1.29 is 44.1 Å². The minimum Gasteiger partial charge on any atom is -0.481 e. The number of hydrogen-bond acceptors (Lipinski definition) is 8. The molecule has 1 rings (SSSR count). The van der Waals surface area contributed by atoms with Gasteiger partial charge in [0.2, 0.25) is 23.6 Å². The highest BCUT2D eigenvalue weighted by molar-refractivity contribution is 5.95. The van der Waals surface area contributed by atoms with Gasteiger partial charge in [-0.25, -0.2) is 4.79 Å². The number of hydrogen-bond donors (Lipinski definition) is 8. The molecular formula is C22H31N5O9. The van der Waals surface area contributed by atoms with E-state index in [0.29, 0.717) is 5.56 Å². The molecule has 1 aromatic rings. The number of aliphatic hydroxyl groups is 1. The van der Waals surface area contributed by atoms with Crippen molar-refractivity contribution in [2.45, 2.75) is 62.9 Å². The summed E-state index contributed by atoms with van der Waals surface area (Å²) < 4.78 is 0. The topological polar surface area (TPSA) is 251 Å². The summed E-state index contributed by atoms with van der Waals surface area (Å²) in [6, 6.07) is 2.52. The lowest BCUT2D eigenvalue weighted by Gasteiger charge is -2.25. The Hall–Kier alpha value is -4.04. The maximum absolute atomic E-state index is 13.0. The number of rotatable bonds is 15. The number of carbonyl (C=O) groups excluding carboxylic acids is 4. The average molecular weight is 510 g/mol. The molecular weight excluding hydrogens is 478 g/mol. The normalized spacial score (nSPS) is 14.9. The van der Waals surface area contributed by atoms with E-state index in [4.69, 9.17) is 16.6 Å². The van der Waals surface area contributed by atoms with Crippen LogP contribution in [0.1, 0.15) is 31.7 Å². The molecule has 0 spiro atoms. The average Bonchev–Trinajstić information content (AvgIpc) is 2.78. The Kier molecular flexibility index (Phi) is 12.0. The van der Waals surface area contributed by atoms with Gasteiger partial charge in [0.15, 0.2) is 6.04 Å². The summed E-state index contributed by atoms with van der Waals surface area (Å²) in [5.41, 5.74) is 11.2. The second-order valence-corrected chi connectivity index (χ2v) is 8.09. The third kappa shape index (κ3) is 10.5. The van der Waals surface area contributed by atoms with E-state index in [0.717, 1.165) is 6.92 Å². The first-order valence-electron chi connectivity index (χ1n) is 10.9. The van der Waals surface area contributed by atoms with Gasteiger partial charge in [-0.3, -0.25) is 24.0 Å². The number of carbonyl (C=O) groups is 6. The SMILES string of the molecule is CC(O)C(NC(=O)C(Cc1ccccc1)NC(=O)C(CCC(=O)O)NC(=O)C(N)CC(N)=O)C(=O)O. The van der Waals surface area contributed by atoms with Crippen LogP contribution in [0.15, 0.2) is 30.3 Å². The second-order valence-electron chi connectivity index (χ2n) is 8.09. The van der Waals surface area contributed by atoms with Crippen molar-refractivity contribution in [1.29, 1.82) is 0 Å². The van der Waals surface area contributed by atoms with Crippen LogP contribution in [0, 0.1) is 0 Å². The molecule has 36 heavy (non-hydrogen) atoms. The molecule has 0 saturated carbocycles. The Morgan fingerprint density at radius 3 is 1.94 bits per heavy atom. The molecule has 4 amide bonds. The van der Waals surface area contributed by atoms with Crippen molar-refractivity contribution in [2.75, 3.05) is 0 Å². The summed E-state index contributed by atoms with van der Waals surface area (Å²) in [6.45, 7) is 1.16. The van der Waals surface area contributed by atoms with E-state index in [9.17, 15) is 39.0 Å². The van der Waals surface area contributed by atoms with Crippen molar-refractivity contribution in [3.8, 4) is 0 Å². The maximum Gasteiger partial charge on any atom is 0.328 e. The number of nitrogens with one attached hydrogen (secondary N) is 3. The van der Waals surface area contributed by atoms with Gasteiger partial charge in [-0.1, -0.05) is 30.3 Å². The minimum absolute atomic E-state index is 0.0919. The van der Waals surface area contributed by atoms with Crippen molar-refractivity contribution >= 4 is 35.6 Å². The number of benzene rings is 1. The zero-order valence-corrected chi connectivity index (χ0v) is 19.5. The molecule has 0 aromatic heterocycles. The summed E-state index contributed by atoms with van der Waals surface area (Å²) in [5, 5.41) is 34.7. The molecule has 5 atom stereocenters. The summed E-state index contributed by atoms with van der Waals surface area (Å²) >= 11 is 0. The van der Waals surface area contributed by atoms with Crippen molar-refractivity contribution in [2.24, 2.45) is 11.5 Å². The fraction of sp³-hybridized carbons (Fsp3) is 0.455. The molecule has 14 nitrogen and oxygen atoms in total. The number of aliphatic hydroxyl groups excluding tert-OH is 1. The van der Waals surface area contributed by atoms with Gasteiger partial charge in [-0.2, -0.15) is 0 Å². The van der Waals surface area contributed by atoms with Crippen LogP contribution >= 0.6 is 0 Å². The Labute approximate surface area is 206 Å². The smallest absolute Gasteiger partial charge is 0.328 e. The Balaban J connectivity index is 3.14. The molecule has 0 radical (unpaired) electrons.